The van der Waals surface area contributed by atoms with Gasteiger partial charge in [-0.2, -0.15) is 0 Å². The van der Waals surface area contributed by atoms with Crippen LogP contribution in [0.3, 0.4) is 0 Å². The molecule has 0 spiro atoms. The van der Waals surface area contributed by atoms with E-state index >= 15 is 0 Å². The minimum Gasteiger partial charge on any atom is -0.394 e. The van der Waals surface area contributed by atoms with Crippen molar-refractivity contribution in [2.75, 3.05) is 66.1 Å². The molecule has 50 atom stereocenters. The summed E-state index contributed by atoms with van der Waals surface area (Å²) in [7, 11) is 0. The lowest BCUT2D eigenvalue weighted by Crippen LogP contribution is -2.68. The Balaban J connectivity index is 0.869. The molecule has 0 bridgehead atoms. The first kappa shape index (κ1) is 91.3. The SMILES string of the molecule is OC[C@H]1OC(O[C@H]2[C@H](O)[C@@H](CO)OC(O[C@@H]3C(OC[C@H]4OC(OC[C@H]5OC(OC[C@H]6OC(O)[C@@H](OC7O[C@H](CO)[C@@H](O)[C@H](O)[C@@H]7O)[C@@H](O)[C@@H]6O)[C@@H](OC6O[C@H](CO)[C@@H](O)[C@H](O)[C@@H]6OC6O[C@H](CO)[C@@H](O)[C@H](OC7O[C@H](CO)[C@@H](O)[C@H](O)[C@@H]7O)[C@@H]6O)[C@@H](O)[C@@H]5O)[C@@H](O)[C@@H](O)[C@@H]4O)O[C@H](CO)[C@@H](O)[C@@H]3O)[C@H]2O)[C@@H](O)[C@@H](O)[C@@H]1O. The third-order valence-corrected chi connectivity index (χ3v) is 20.8. The summed E-state index contributed by atoms with van der Waals surface area (Å²) in [6, 6.07) is 0. The van der Waals surface area contributed by atoms with E-state index in [1.165, 1.54) is 0 Å². The Morgan fingerprint density at radius 2 is 0.351 bits per heavy atom. The van der Waals surface area contributed by atoms with Crippen molar-refractivity contribution in [2.45, 2.75) is 307 Å². The average Bonchev–Trinajstić information content (AvgIpc) is 0.774. The van der Waals surface area contributed by atoms with Gasteiger partial charge in [0, 0.05) is 0 Å². The smallest absolute Gasteiger partial charge is 0.187 e. The molecule has 0 aromatic heterocycles. The van der Waals surface area contributed by atoms with E-state index in [-0.39, 0.29) is 0 Å². The van der Waals surface area contributed by atoms with Gasteiger partial charge >= 0.3 is 0 Å². The van der Waals surface area contributed by atoms with E-state index in [4.69, 9.17) is 90.0 Å². The maximum absolute atomic E-state index is 12.2. The Labute approximate surface area is 625 Å². The van der Waals surface area contributed by atoms with Gasteiger partial charge in [-0.25, -0.2) is 0 Å². The second-order valence-corrected chi connectivity index (χ2v) is 28.1. The van der Waals surface area contributed by atoms with Crippen LogP contribution in [-0.2, 0) is 90.0 Å². The lowest BCUT2D eigenvalue weighted by atomic mass is 9.95. The van der Waals surface area contributed by atoms with Crippen LogP contribution in [0, 0.1) is 0 Å². The molecule has 10 aliphatic heterocycles. The van der Waals surface area contributed by atoms with Crippen LogP contribution < -0.4 is 0 Å². The standard InChI is InChI=1S/C60H102O51/c61-1-11-21(68)31(78)40(87)53(97-11)106-45-29(76)16(6-66)100-56(43(45)90)109-48-36(83)24(71)14(4-64)102-58(48)95-10-19-26(73)34(81)39(86)52(104-19)93-9-20-28(75)38(85)49(59(105-20)94-8-18-27(74)35(82)47(51(92)96-18)108-55-42(89)33(80)23(70)13(3-63)99-55)111-60-50(37(84)25(72)15(5-65)103-60)110-57-44(91)46(30(77)17(7-67)101-57)107-54-41(88)32(79)22(69)12(2-62)98-54/h11-92H,1-10H2/t11-,12-,13-,14-,15-,16-,17-,18-,19-,20-,21-,22-,23-,24-,25-,26-,27-,28-,29-,30-,31+,32+,33+,34+,35+,36+,37+,38+,39+,40+,41+,42+,43+,44+,45+,46+,47+,48+,49+,50+,51?,52?,53?,54?,55?,56?,57?,58?,59?,60?/m1/s1. The lowest BCUT2D eigenvalue weighted by Gasteiger charge is -2.49. The highest BCUT2D eigenvalue weighted by atomic mass is 16.8. The van der Waals surface area contributed by atoms with Gasteiger partial charge in [0.2, 0.25) is 0 Å². The minimum atomic E-state index is -2.47. The topological polar surface area (TPSA) is 823 Å². The molecule has 0 aromatic carbocycles. The molecular weight excluding hydrogens is 1540 g/mol. The Hall–Kier alpha value is -2.04. The third-order valence-electron chi connectivity index (χ3n) is 20.8. The van der Waals surface area contributed by atoms with Crippen molar-refractivity contribution >= 4 is 0 Å². The van der Waals surface area contributed by atoms with Crippen LogP contribution in [0.4, 0.5) is 0 Å². The number of aliphatic hydroxyl groups is 32. The summed E-state index contributed by atoms with van der Waals surface area (Å²) in [5.41, 5.74) is 0. The van der Waals surface area contributed by atoms with Crippen LogP contribution in [0.5, 0.6) is 0 Å². The van der Waals surface area contributed by atoms with E-state index in [0.29, 0.717) is 0 Å². The zero-order valence-corrected chi connectivity index (χ0v) is 58.0. The van der Waals surface area contributed by atoms with Crippen LogP contribution in [0.15, 0.2) is 0 Å². The van der Waals surface area contributed by atoms with Crippen LogP contribution in [0.2, 0.25) is 0 Å². The third kappa shape index (κ3) is 19.2. The van der Waals surface area contributed by atoms with E-state index in [2.05, 4.69) is 0 Å². The van der Waals surface area contributed by atoms with E-state index in [0.717, 1.165) is 0 Å². The van der Waals surface area contributed by atoms with Crippen molar-refractivity contribution < 1.29 is 253 Å². The van der Waals surface area contributed by atoms with Crippen LogP contribution in [0.25, 0.3) is 0 Å². The van der Waals surface area contributed by atoms with Gasteiger partial charge in [-0.3, -0.25) is 0 Å². The molecule has 111 heavy (non-hydrogen) atoms. The summed E-state index contributed by atoms with van der Waals surface area (Å²) in [5, 5.41) is 347. The first-order valence-electron chi connectivity index (χ1n) is 35.2. The molecular formula is C60H102O51. The maximum Gasteiger partial charge on any atom is 0.187 e. The molecule has 0 aliphatic carbocycles. The second kappa shape index (κ2) is 39.4. The highest BCUT2D eigenvalue weighted by Gasteiger charge is 2.60. The van der Waals surface area contributed by atoms with E-state index in [1.807, 2.05) is 0 Å². The molecule has 10 unspecified atom stereocenters. The minimum absolute atomic E-state index is 0.933. The summed E-state index contributed by atoms with van der Waals surface area (Å²) >= 11 is 0. The molecule has 648 valence electrons. The number of rotatable bonds is 28. The highest BCUT2D eigenvalue weighted by Crippen LogP contribution is 2.40. The van der Waals surface area contributed by atoms with E-state index in [9.17, 15) is 163 Å². The molecule has 51 heteroatoms. The molecule has 0 aromatic rings. The summed E-state index contributed by atoms with van der Waals surface area (Å²) in [5.74, 6) is 0. The predicted octanol–water partition coefficient (Wildman–Crippen LogP) is -22.8. The average molecular weight is 1640 g/mol. The maximum atomic E-state index is 12.2. The van der Waals surface area contributed by atoms with Gasteiger partial charge in [0.15, 0.2) is 62.9 Å². The summed E-state index contributed by atoms with van der Waals surface area (Å²) in [6.45, 7) is -10.5. The fourth-order valence-electron chi connectivity index (χ4n) is 14.1. The second-order valence-electron chi connectivity index (χ2n) is 28.1. The molecule has 51 nitrogen and oxygen atoms in total. The monoisotopic (exact) mass is 1640 g/mol. The first-order valence-corrected chi connectivity index (χ1v) is 35.2. The van der Waals surface area contributed by atoms with Gasteiger partial charge in [0.1, 0.15) is 244 Å². The molecule has 0 amide bonds. The molecule has 10 saturated heterocycles. The quantitative estimate of drug-likeness (QED) is 0.0346. The molecule has 10 heterocycles. The molecule has 10 fully saturated rings. The van der Waals surface area contributed by atoms with E-state index in [1.54, 1.807) is 0 Å². The number of aliphatic hydroxyl groups excluding tert-OH is 32. The van der Waals surface area contributed by atoms with Gasteiger partial charge in [-0.1, -0.05) is 0 Å². The van der Waals surface area contributed by atoms with Crippen molar-refractivity contribution in [1.82, 2.24) is 0 Å². The zero-order chi connectivity index (χ0) is 81.4. The van der Waals surface area contributed by atoms with Gasteiger partial charge in [-0.15, -0.1) is 0 Å². The fourth-order valence-corrected chi connectivity index (χ4v) is 14.1. The fraction of sp³-hybridized carbons (Fsp3) is 1.00. The zero-order valence-electron chi connectivity index (χ0n) is 58.0. The van der Waals surface area contributed by atoms with Gasteiger partial charge in [-0.05, 0) is 0 Å². The molecule has 32 N–H and O–H groups in total. The normalized spacial score (nSPS) is 53.7. The van der Waals surface area contributed by atoms with Crippen molar-refractivity contribution in [3.8, 4) is 0 Å². The van der Waals surface area contributed by atoms with Crippen LogP contribution in [-0.4, -0.2) is 537 Å². The van der Waals surface area contributed by atoms with Crippen molar-refractivity contribution in [2.24, 2.45) is 0 Å². The Bertz CT molecular complexity index is 2780. The van der Waals surface area contributed by atoms with Gasteiger partial charge in [0.05, 0.1) is 66.1 Å². The molecule has 0 radical (unpaired) electrons. The molecule has 10 aliphatic rings. The van der Waals surface area contributed by atoms with Crippen molar-refractivity contribution in [3.05, 3.63) is 0 Å². The van der Waals surface area contributed by atoms with Gasteiger partial charge in [0.25, 0.3) is 0 Å². The summed E-state index contributed by atoms with van der Waals surface area (Å²) in [4.78, 5) is 0. The number of ether oxygens (including phenoxy) is 19. The van der Waals surface area contributed by atoms with Gasteiger partial charge < -0.3 is 253 Å². The first-order chi connectivity index (χ1) is 52.6. The lowest BCUT2D eigenvalue weighted by molar-refractivity contribution is -0.404. The van der Waals surface area contributed by atoms with Crippen molar-refractivity contribution in [1.29, 1.82) is 0 Å². The van der Waals surface area contributed by atoms with Crippen molar-refractivity contribution in [3.63, 3.8) is 0 Å². The Morgan fingerprint density at radius 1 is 0.153 bits per heavy atom. The Kier molecular flexibility index (Phi) is 32.4. The van der Waals surface area contributed by atoms with E-state index < -0.39 is 373 Å². The van der Waals surface area contributed by atoms with Crippen LogP contribution >= 0.6 is 0 Å². The number of hydrogen-bond donors (Lipinski definition) is 32. The largest absolute Gasteiger partial charge is 0.394 e. The Morgan fingerprint density at radius 3 is 0.694 bits per heavy atom. The molecule has 10 rings (SSSR count). The summed E-state index contributed by atoms with van der Waals surface area (Å²) < 4.78 is 108. The number of hydrogen-bond acceptors (Lipinski definition) is 51. The summed E-state index contributed by atoms with van der Waals surface area (Å²) in [6.07, 6.45) is -104. The highest BCUT2D eigenvalue weighted by molar-refractivity contribution is 5.02. The molecule has 0 saturated carbocycles. The van der Waals surface area contributed by atoms with Crippen LogP contribution in [0.1, 0.15) is 0 Å². The predicted molar refractivity (Wildman–Crippen MR) is 330 cm³/mol.